The van der Waals surface area contributed by atoms with Gasteiger partial charge in [0.2, 0.25) is 5.78 Å². The first-order valence-electron chi connectivity index (χ1n) is 2.30. The molecule has 0 saturated carbocycles. The van der Waals surface area contributed by atoms with Gasteiger partial charge in [0, 0.05) is 0 Å². The highest BCUT2D eigenvalue weighted by Gasteiger charge is 2.27. The van der Waals surface area contributed by atoms with E-state index in [0.29, 0.717) is 6.26 Å². The molecule has 1 fully saturated rings. The fraction of sp³-hybridized carbons (Fsp3) is 0.200. The Labute approximate surface area is 50.7 Å². The highest BCUT2D eigenvalue weighted by Crippen LogP contribution is 2.06. The van der Waals surface area contributed by atoms with Crippen molar-refractivity contribution in [2.24, 2.45) is 0 Å². The van der Waals surface area contributed by atoms with E-state index >= 15 is 0 Å². The van der Waals surface area contributed by atoms with E-state index in [9.17, 15) is 9.59 Å². The fourth-order valence-electron chi connectivity index (χ4n) is 0.525. The Hall–Kier alpha value is -1.32. The summed E-state index contributed by atoms with van der Waals surface area (Å²) < 4.78 is 4.25. The van der Waals surface area contributed by atoms with Crippen molar-refractivity contribution in [3.63, 3.8) is 0 Å². The van der Waals surface area contributed by atoms with E-state index in [1.165, 1.54) is 0 Å². The van der Waals surface area contributed by atoms with Crippen molar-refractivity contribution in [3.05, 3.63) is 11.8 Å². The molecule has 0 amide bonds. The lowest BCUT2D eigenvalue weighted by atomic mass is 10.2. The third-order valence-corrected chi connectivity index (χ3v) is 0.984. The number of aliphatic hydroxyl groups excluding tert-OH is 1. The van der Waals surface area contributed by atoms with Gasteiger partial charge in [-0.2, -0.15) is 0 Å². The van der Waals surface area contributed by atoms with Crippen LogP contribution < -0.4 is 0 Å². The number of ether oxygens (including phenoxy) is 1. The minimum Gasteiger partial charge on any atom is -0.515 e. The number of hydrogen-bond acceptors (Lipinski definition) is 4. The Morgan fingerprint density at radius 3 is 2.44 bits per heavy atom. The lowest BCUT2D eigenvalue weighted by Gasteiger charge is -1.82. The number of cyclic esters (lactones) is 1. The Morgan fingerprint density at radius 1 is 1.56 bits per heavy atom. The first-order chi connectivity index (χ1) is 4.25. The van der Waals surface area contributed by atoms with E-state index in [1.807, 2.05) is 0 Å². The van der Waals surface area contributed by atoms with Crippen LogP contribution in [0.5, 0.6) is 0 Å². The number of Topliss-reactive ketones (excluding diaryl/α,β-unsaturated/α-hetero) is 1. The van der Waals surface area contributed by atoms with Gasteiger partial charge in [-0.15, -0.1) is 0 Å². The summed E-state index contributed by atoms with van der Waals surface area (Å²) in [4.78, 5) is 20.8. The molecule has 0 aliphatic carbocycles. The number of hydrogen-bond donors (Lipinski definition) is 1. The predicted octanol–water partition coefficient (Wildman–Crippen LogP) is -0.446. The molecule has 1 saturated heterocycles. The molecule has 48 valence electrons. The zero-order valence-electron chi connectivity index (χ0n) is 4.46. The highest BCUT2D eigenvalue weighted by atomic mass is 16.5. The molecule has 0 aromatic rings. The van der Waals surface area contributed by atoms with Crippen LogP contribution >= 0.6 is 0 Å². The summed E-state index contributed by atoms with van der Waals surface area (Å²) in [6, 6.07) is 0. The van der Waals surface area contributed by atoms with Crippen molar-refractivity contribution in [2.45, 2.75) is 0 Å². The van der Waals surface area contributed by atoms with Crippen LogP contribution in [0.1, 0.15) is 0 Å². The number of carbonyl (C=O) groups excluding carboxylic acids is 2. The molecule has 0 radical (unpaired) electrons. The number of esters is 1. The van der Waals surface area contributed by atoms with Crippen molar-refractivity contribution in [2.75, 3.05) is 6.61 Å². The summed E-state index contributed by atoms with van der Waals surface area (Å²) in [6.45, 7) is -0.245. The van der Waals surface area contributed by atoms with Crippen LogP contribution in [0.3, 0.4) is 0 Å². The largest absolute Gasteiger partial charge is 0.515 e. The zero-order chi connectivity index (χ0) is 6.85. The van der Waals surface area contributed by atoms with Crippen LogP contribution in [0.2, 0.25) is 0 Å². The molecule has 1 N–H and O–H groups in total. The van der Waals surface area contributed by atoms with Gasteiger partial charge in [0.25, 0.3) is 0 Å². The van der Waals surface area contributed by atoms with Gasteiger partial charge in [0.15, 0.2) is 6.61 Å². The summed E-state index contributed by atoms with van der Waals surface area (Å²) in [5.74, 6) is -1.22. The second-order valence-electron chi connectivity index (χ2n) is 1.54. The molecule has 1 aliphatic heterocycles. The summed E-state index contributed by atoms with van der Waals surface area (Å²) in [5.41, 5.74) is -0.269. The Kier molecular flexibility index (Phi) is 1.22. The van der Waals surface area contributed by atoms with E-state index in [1.54, 1.807) is 0 Å². The minimum absolute atomic E-state index is 0.245. The van der Waals surface area contributed by atoms with Gasteiger partial charge >= 0.3 is 5.97 Å². The SMILES string of the molecule is O=C1COC(=O)/C1=C/O. The lowest BCUT2D eigenvalue weighted by molar-refractivity contribution is -0.135. The Morgan fingerprint density at radius 2 is 2.22 bits per heavy atom. The first-order valence-corrected chi connectivity index (χ1v) is 2.30. The van der Waals surface area contributed by atoms with Crippen molar-refractivity contribution in [1.82, 2.24) is 0 Å². The summed E-state index contributed by atoms with van der Waals surface area (Å²) in [6.07, 6.45) is 0.470. The maximum Gasteiger partial charge on any atom is 0.345 e. The van der Waals surface area contributed by atoms with Crippen LogP contribution in [0, 0.1) is 0 Å². The number of rotatable bonds is 0. The molecule has 1 aliphatic rings. The Bertz CT molecular complexity index is 173. The van der Waals surface area contributed by atoms with Crippen molar-refractivity contribution >= 4 is 11.8 Å². The fourth-order valence-corrected chi connectivity index (χ4v) is 0.525. The molecule has 1 heterocycles. The standard InChI is InChI=1S/C5H4O4/c6-1-3-4(7)2-9-5(3)8/h1,6H,2H2/b3-1+. The molecule has 0 aromatic heterocycles. The Balaban J connectivity index is 2.91. The van der Waals surface area contributed by atoms with Crippen LogP contribution in [-0.2, 0) is 14.3 Å². The molecule has 1 rings (SSSR count). The molecular weight excluding hydrogens is 124 g/mol. The van der Waals surface area contributed by atoms with Gasteiger partial charge in [-0.25, -0.2) is 4.79 Å². The molecule has 0 bridgehead atoms. The van der Waals surface area contributed by atoms with E-state index < -0.39 is 11.8 Å². The average molecular weight is 128 g/mol. The van der Waals surface area contributed by atoms with Crippen LogP contribution in [0.15, 0.2) is 11.8 Å². The topological polar surface area (TPSA) is 63.6 Å². The lowest BCUT2D eigenvalue weighted by Crippen LogP contribution is -1.99. The quantitative estimate of drug-likeness (QED) is 0.208. The molecule has 0 atom stereocenters. The third-order valence-electron chi connectivity index (χ3n) is 0.984. The van der Waals surface area contributed by atoms with Gasteiger partial charge in [-0.1, -0.05) is 0 Å². The molecule has 0 spiro atoms. The van der Waals surface area contributed by atoms with Gasteiger partial charge in [0.05, 0.1) is 6.26 Å². The van der Waals surface area contributed by atoms with E-state index in [4.69, 9.17) is 5.11 Å². The normalized spacial score (nSPS) is 22.9. The second kappa shape index (κ2) is 1.89. The third kappa shape index (κ3) is 0.782. The van der Waals surface area contributed by atoms with Crippen molar-refractivity contribution in [1.29, 1.82) is 0 Å². The van der Waals surface area contributed by atoms with Crippen LogP contribution in [0.25, 0.3) is 0 Å². The van der Waals surface area contributed by atoms with E-state index in [0.717, 1.165) is 0 Å². The molecule has 4 heteroatoms. The van der Waals surface area contributed by atoms with Gasteiger partial charge in [0.1, 0.15) is 5.57 Å². The summed E-state index contributed by atoms with van der Waals surface area (Å²) in [7, 11) is 0. The number of carbonyl (C=O) groups is 2. The number of ketones is 1. The summed E-state index contributed by atoms with van der Waals surface area (Å²) in [5, 5.41) is 8.22. The zero-order valence-corrected chi connectivity index (χ0v) is 4.46. The van der Waals surface area contributed by atoms with Crippen LogP contribution in [0.4, 0.5) is 0 Å². The molecule has 0 aromatic carbocycles. The monoisotopic (exact) mass is 128 g/mol. The van der Waals surface area contributed by atoms with Gasteiger partial charge in [-0.3, -0.25) is 4.79 Å². The number of aliphatic hydroxyl groups is 1. The average Bonchev–Trinajstić information content (AvgIpc) is 2.12. The van der Waals surface area contributed by atoms with Crippen molar-refractivity contribution in [3.8, 4) is 0 Å². The minimum atomic E-state index is -0.748. The maximum absolute atomic E-state index is 10.4. The molecular formula is C5H4O4. The van der Waals surface area contributed by atoms with E-state index in [-0.39, 0.29) is 12.2 Å². The van der Waals surface area contributed by atoms with E-state index in [2.05, 4.69) is 4.74 Å². The molecule has 4 nitrogen and oxygen atoms in total. The van der Waals surface area contributed by atoms with Crippen LogP contribution in [-0.4, -0.2) is 23.5 Å². The first kappa shape index (κ1) is 5.81. The van der Waals surface area contributed by atoms with Gasteiger partial charge in [-0.05, 0) is 0 Å². The predicted molar refractivity (Wildman–Crippen MR) is 26.7 cm³/mol. The highest BCUT2D eigenvalue weighted by molar-refractivity contribution is 6.21. The maximum atomic E-state index is 10.4. The van der Waals surface area contributed by atoms with Crippen molar-refractivity contribution < 1.29 is 19.4 Å². The van der Waals surface area contributed by atoms with Gasteiger partial charge < -0.3 is 9.84 Å². The second-order valence-corrected chi connectivity index (χ2v) is 1.54. The molecule has 0 unspecified atom stereocenters. The molecule has 9 heavy (non-hydrogen) atoms. The summed E-state index contributed by atoms with van der Waals surface area (Å²) >= 11 is 0. The smallest absolute Gasteiger partial charge is 0.345 e.